The van der Waals surface area contributed by atoms with Gasteiger partial charge in [0.1, 0.15) is 5.82 Å². The van der Waals surface area contributed by atoms with Crippen molar-refractivity contribution in [3.63, 3.8) is 0 Å². The Kier molecular flexibility index (Phi) is 3.99. The molecule has 0 bridgehead atoms. The lowest BCUT2D eigenvalue weighted by atomic mass is 9.93. The summed E-state index contributed by atoms with van der Waals surface area (Å²) in [5.74, 6) is 1.21. The summed E-state index contributed by atoms with van der Waals surface area (Å²) in [4.78, 5) is 7.42. The molecule has 1 fully saturated rings. The van der Waals surface area contributed by atoms with Crippen LogP contribution < -0.4 is 10.6 Å². The Morgan fingerprint density at radius 2 is 2.00 bits per heavy atom. The highest BCUT2D eigenvalue weighted by Gasteiger charge is 2.25. The van der Waals surface area contributed by atoms with Crippen LogP contribution in [0.5, 0.6) is 0 Å². The number of fused-ring (bicyclic) bond motifs is 2. The molecule has 23 heavy (non-hydrogen) atoms. The molecule has 4 nitrogen and oxygen atoms in total. The van der Waals surface area contributed by atoms with Crippen molar-refractivity contribution in [2.45, 2.75) is 19.8 Å². The first-order valence-corrected chi connectivity index (χ1v) is 9.01. The minimum atomic E-state index is 1.02. The van der Waals surface area contributed by atoms with Gasteiger partial charge in [0.25, 0.3) is 0 Å². The Hall–Kier alpha value is -1.59. The molecule has 0 aromatic heterocycles. The molecule has 1 aliphatic carbocycles. The molecule has 0 atom stereocenters. The van der Waals surface area contributed by atoms with Crippen LogP contribution in [0.2, 0.25) is 0 Å². The normalized spacial score (nSPS) is 20.9. The number of allylic oxidation sites excluding steroid dienone is 3. The number of benzene rings is 1. The van der Waals surface area contributed by atoms with Gasteiger partial charge in [-0.15, -0.1) is 0 Å². The average Bonchev–Trinajstić information content (AvgIpc) is 2.72. The number of aliphatic imine (C=N–C) groups is 1. The van der Waals surface area contributed by atoms with Gasteiger partial charge >= 0.3 is 0 Å². The summed E-state index contributed by atoms with van der Waals surface area (Å²) in [5, 5.41) is 7.11. The largest absolute Gasteiger partial charge is 0.355 e. The molecule has 0 amide bonds. The van der Waals surface area contributed by atoms with Crippen LogP contribution in [-0.4, -0.2) is 36.8 Å². The Morgan fingerprint density at radius 3 is 2.83 bits per heavy atom. The van der Waals surface area contributed by atoms with Crippen LogP contribution in [0, 0.1) is 0 Å². The highest BCUT2D eigenvalue weighted by atomic mass is 79.9. The number of hydrogen-bond acceptors (Lipinski definition) is 4. The van der Waals surface area contributed by atoms with Gasteiger partial charge in [0.05, 0.1) is 17.1 Å². The second-order valence-electron chi connectivity index (χ2n) is 6.33. The number of rotatable bonds is 1. The molecule has 2 N–H and O–H groups in total. The monoisotopic (exact) mass is 372 g/mol. The SMILES string of the molecule is CC1=CC2=C(N3CCNCC3)Nc3cc(Br)ccc3N=C2CC1. The van der Waals surface area contributed by atoms with Crippen molar-refractivity contribution in [1.29, 1.82) is 0 Å². The van der Waals surface area contributed by atoms with Crippen LogP contribution in [0.1, 0.15) is 19.8 Å². The van der Waals surface area contributed by atoms with E-state index >= 15 is 0 Å². The maximum atomic E-state index is 4.97. The molecule has 5 heteroatoms. The minimum Gasteiger partial charge on any atom is -0.355 e. The van der Waals surface area contributed by atoms with E-state index in [2.05, 4.69) is 62.7 Å². The summed E-state index contributed by atoms with van der Waals surface area (Å²) in [6.07, 6.45) is 4.43. The molecule has 2 heterocycles. The van der Waals surface area contributed by atoms with E-state index in [-0.39, 0.29) is 0 Å². The fourth-order valence-electron chi connectivity index (χ4n) is 3.36. The zero-order valence-corrected chi connectivity index (χ0v) is 14.9. The molecule has 0 saturated carbocycles. The van der Waals surface area contributed by atoms with Gasteiger partial charge in [0.2, 0.25) is 0 Å². The van der Waals surface area contributed by atoms with Crippen molar-refractivity contribution in [2.24, 2.45) is 4.99 Å². The van der Waals surface area contributed by atoms with Crippen LogP contribution in [0.4, 0.5) is 11.4 Å². The van der Waals surface area contributed by atoms with Crippen molar-refractivity contribution in [3.8, 4) is 0 Å². The summed E-state index contributed by atoms with van der Waals surface area (Å²) in [6, 6.07) is 6.27. The first-order chi connectivity index (χ1) is 11.2. The highest BCUT2D eigenvalue weighted by Crippen LogP contribution is 2.36. The smallest absolute Gasteiger partial charge is 0.115 e. The first kappa shape index (κ1) is 15.0. The van der Waals surface area contributed by atoms with E-state index in [9.17, 15) is 0 Å². The number of anilines is 1. The Balaban J connectivity index is 1.85. The van der Waals surface area contributed by atoms with E-state index in [1.54, 1.807) is 0 Å². The molecule has 1 aromatic carbocycles. The third-order valence-electron chi connectivity index (χ3n) is 4.61. The van der Waals surface area contributed by atoms with Crippen molar-refractivity contribution < 1.29 is 0 Å². The van der Waals surface area contributed by atoms with Gasteiger partial charge in [-0.2, -0.15) is 0 Å². The van der Waals surface area contributed by atoms with Gasteiger partial charge < -0.3 is 15.5 Å². The second-order valence-corrected chi connectivity index (χ2v) is 7.25. The second kappa shape index (κ2) is 6.13. The van der Waals surface area contributed by atoms with E-state index in [0.717, 1.165) is 54.9 Å². The maximum Gasteiger partial charge on any atom is 0.115 e. The Bertz CT molecular complexity index is 727. The van der Waals surface area contributed by atoms with E-state index in [1.807, 2.05) is 0 Å². The minimum absolute atomic E-state index is 1.02. The fraction of sp³-hybridized carbons (Fsp3) is 0.389. The highest BCUT2D eigenvalue weighted by molar-refractivity contribution is 9.10. The lowest BCUT2D eigenvalue weighted by Crippen LogP contribution is -2.45. The van der Waals surface area contributed by atoms with Gasteiger partial charge in [0, 0.05) is 36.2 Å². The predicted octanol–water partition coefficient (Wildman–Crippen LogP) is 3.80. The Labute approximate surface area is 145 Å². The lowest BCUT2D eigenvalue weighted by molar-refractivity contribution is 0.301. The van der Waals surface area contributed by atoms with Crippen LogP contribution in [0.3, 0.4) is 0 Å². The van der Waals surface area contributed by atoms with E-state index < -0.39 is 0 Å². The topological polar surface area (TPSA) is 39.7 Å². The molecule has 1 saturated heterocycles. The van der Waals surface area contributed by atoms with Gasteiger partial charge in [-0.1, -0.05) is 27.6 Å². The van der Waals surface area contributed by atoms with Gasteiger partial charge in [-0.25, -0.2) is 0 Å². The number of piperazine rings is 1. The van der Waals surface area contributed by atoms with Gasteiger partial charge in [-0.3, -0.25) is 4.99 Å². The summed E-state index contributed by atoms with van der Waals surface area (Å²) < 4.78 is 1.07. The van der Waals surface area contributed by atoms with Crippen molar-refractivity contribution in [3.05, 3.63) is 45.7 Å². The molecule has 0 radical (unpaired) electrons. The van der Waals surface area contributed by atoms with Crippen LogP contribution in [-0.2, 0) is 0 Å². The molecule has 120 valence electrons. The van der Waals surface area contributed by atoms with Crippen molar-refractivity contribution in [2.75, 3.05) is 31.5 Å². The molecular formula is C18H21BrN4. The van der Waals surface area contributed by atoms with Crippen molar-refractivity contribution >= 4 is 33.0 Å². The number of nitrogens with zero attached hydrogens (tertiary/aromatic N) is 2. The van der Waals surface area contributed by atoms with Crippen LogP contribution in [0.25, 0.3) is 0 Å². The molecule has 3 aliphatic rings. The molecular weight excluding hydrogens is 352 g/mol. The quantitative estimate of drug-likeness (QED) is 0.787. The zero-order chi connectivity index (χ0) is 15.8. The van der Waals surface area contributed by atoms with E-state index in [0.29, 0.717) is 0 Å². The van der Waals surface area contributed by atoms with Gasteiger partial charge in [0.15, 0.2) is 0 Å². The number of nitrogens with one attached hydrogen (secondary N) is 2. The summed E-state index contributed by atoms with van der Waals surface area (Å²) >= 11 is 3.58. The molecule has 4 rings (SSSR count). The summed E-state index contributed by atoms with van der Waals surface area (Å²) in [7, 11) is 0. The van der Waals surface area contributed by atoms with Crippen LogP contribution >= 0.6 is 15.9 Å². The third kappa shape index (κ3) is 2.95. The number of hydrogen-bond donors (Lipinski definition) is 2. The van der Waals surface area contributed by atoms with E-state index in [1.165, 1.54) is 22.7 Å². The molecule has 0 unspecified atom stereocenters. The van der Waals surface area contributed by atoms with E-state index in [4.69, 9.17) is 4.99 Å². The average molecular weight is 373 g/mol. The number of halogens is 1. The Morgan fingerprint density at radius 1 is 1.17 bits per heavy atom. The zero-order valence-electron chi connectivity index (χ0n) is 13.3. The molecule has 2 aliphatic heterocycles. The predicted molar refractivity (Wildman–Crippen MR) is 99.3 cm³/mol. The standard InChI is InChI=1S/C18H21BrN4/c1-12-2-4-15-14(10-12)18(23-8-6-20-7-9-23)22-17-11-13(19)3-5-16(17)21-15/h3,5,10-11,20,22H,2,4,6-9H2,1H3. The maximum absolute atomic E-state index is 4.97. The third-order valence-corrected chi connectivity index (χ3v) is 5.11. The fourth-order valence-corrected chi connectivity index (χ4v) is 3.72. The van der Waals surface area contributed by atoms with Crippen molar-refractivity contribution in [1.82, 2.24) is 10.2 Å². The first-order valence-electron chi connectivity index (χ1n) is 8.22. The summed E-state index contributed by atoms with van der Waals surface area (Å²) in [6.45, 7) is 6.32. The summed E-state index contributed by atoms with van der Waals surface area (Å²) in [5.41, 5.74) is 6.01. The molecule has 1 aromatic rings. The van der Waals surface area contributed by atoms with Crippen LogP contribution in [0.15, 0.2) is 50.7 Å². The lowest BCUT2D eigenvalue weighted by Gasteiger charge is -2.33. The molecule has 0 spiro atoms. The van der Waals surface area contributed by atoms with Gasteiger partial charge in [-0.05, 0) is 38.0 Å².